The fraction of sp³-hybridized carbons (Fsp3) is 0.300. The molecule has 1 aliphatic rings. The number of hydrogen-bond donors (Lipinski definition) is 3. The minimum atomic E-state index is -0.100. The third-order valence-electron chi connectivity index (χ3n) is 2.19. The Bertz CT molecular complexity index is 401. The van der Waals surface area contributed by atoms with Gasteiger partial charge in [0.15, 0.2) is 0 Å². The lowest BCUT2D eigenvalue weighted by atomic mass is 9.99. The largest absolute Gasteiger partial charge is 0.508 e. The molecule has 0 unspecified atom stereocenters. The van der Waals surface area contributed by atoms with Crippen molar-refractivity contribution in [1.29, 1.82) is 5.41 Å². The fourth-order valence-corrected chi connectivity index (χ4v) is 1.63. The molecule has 0 bridgehead atoms. The van der Waals surface area contributed by atoms with Crippen molar-refractivity contribution in [3.05, 3.63) is 17.7 Å². The van der Waals surface area contributed by atoms with Crippen LogP contribution in [0, 0.1) is 5.41 Å². The molecule has 0 radical (unpaired) electrons. The minimum absolute atomic E-state index is 0.0526. The average molecular weight is 193 g/mol. The first kappa shape index (κ1) is 8.87. The van der Waals surface area contributed by atoms with Gasteiger partial charge in [-0.2, -0.15) is 0 Å². The van der Waals surface area contributed by atoms with Crippen LogP contribution in [0.15, 0.2) is 12.1 Å². The number of aromatic hydroxyl groups is 2. The molecular formula is C10H11NO3. The predicted molar refractivity (Wildman–Crippen MR) is 51.3 cm³/mol. The highest BCUT2D eigenvalue weighted by Crippen LogP contribution is 2.37. The van der Waals surface area contributed by atoms with E-state index in [1.165, 1.54) is 12.1 Å². The molecular weight excluding hydrogens is 182 g/mol. The summed E-state index contributed by atoms with van der Waals surface area (Å²) in [6, 6.07) is 2.63. The summed E-state index contributed by atoms with van der Waals surface area (Å²) in [6.07, 6.45) is 0.391. The van der Waals surface area contributed by atoms with E-state index in [4.69, 9.17) is 10.1 Å². The van der Waals surface area contributed by atoms with Gasteiger partial charge in [-0.15, -0.1) is 0 Å². The van der Waals surface area contributed by atoms with Gasteiger partial charge in [-0.3, -0.25) is 0 Å². The summed E-state index contributed by atoms with van der Waals surface area (Å²) in [7, 11) is 0. The van der Waals surface area contributed by atoms with Crippen LogP contribution in [-0.2, 0) is 0 Å². The number of hydrogen-bond acceptors (Lipinski definition) is 4. The average Bonchev–Trinajstić information content (AvgIpc) is 1.99. The van der Waals surface area contributed by atoms with Gasteiger partial charge in [0.1, 0.15) is 23.4 Å². The molecule has 4 nitrogen and oxygen atoms in total. The number of nitrogens with one attached hydrogen (secondary N) is 1. The Morgan fingerprint density at radius 3 is 2.86 bits per heavy atom. The van der Waals surface area contributed by atoms with Crippen LogP contribution >= 0.6 is 0 Å². The number of rotatable bonds is 0. The molecule has 0 spiro atoms. The van der Waals surface area contributed by atoms with Crippen molar-refractivity contribution in [2.24, 2.45) is 0 Å². The molecule has 1 aromatic carbocycles. The van der Waals surface area contributed by atoms with E-state index < -0.39 is 0 Å². The molecule has 4 heteroatoms. The van der Waals surface area contributed by atoms with E-state index in [9.17, 15) is 10.2 Å². The summed E-state index contributed by atoms with van der Waals surface area (Å²) in [5.41, 5.74) is 0.733. The van der Waals surface area contributed by atoms with E-state index in [1.807, 2.05) is 6.92 Å². The van der Waals surface area contributed by atoms with Crippen LogP contribution in [0.4, 0.5) is 0 Å². The Hall–Kier alpha value is -1.71. The predicted octanol–water partition coefficient (Wildman–Crippen LogP) is 1.64. The van der Waals surface area contributed by atoms with Crippen LogP contribution in [0.25, 0.3) is 0 Å². The summed E-state index contributed by atoms with van der Waals surface area (Å²) in [6.45, 7) is 1.85. The van der Waals surface area contributed by atoms with Gasteiger partial charge in [-0.05, 0) is 6.92 Å². The number of fused-ring (bicyclic) bond motifs is 1. The summed E-state index contributed by atoms with van der Waals surface area (Å²) in [5.74, 6) is 0.228. The first-order chi connectivity index (χ1) is 6.58. The molecule has 3 N–H and O–H groups in total. The molecule has 14 heavy (non-hydrogen) atoms. The Balaban J connectivity index is 2.59. The van der Waals surface area contributed by atoms with Gasteiger partial charge < -0.3 is 20.4 Å². The highest BCUT2D eigenvalue weighted by Gasteiger charge is 2.24. The standard InChI is InChI=1S/C10H11NO3/c1-5-2-7(11)10-8(13)3-6(12)4-9(10)14-5/h3-5,11-13H,2H2,1H3/t5-/m0/s1. The molecule has 74 valence electrons. The number of ether oxygens (including phenoxy) is 1. The van der Waals surface area contributed by atoms with Crippen LogP contribution in [0.3, 0.4) is 0 Å². The molecule has 0 aromatic heterocycles. The molecule has 1 aliphatic heterocycles. The van der Waals surface area contributed by atoms with Crippen molar-refractivity contribution >= 4 is 5.71 Å². The molecule has 0 aliphatic carbocycles. The van der Waals surface area contributed by atoms with Crippen molar-refractivity contribution in [3.8, 4) is 17.2 Å². The molecule has 1 aromatic rings. The lowest BCUT2D eigenvalue weighted by molar-refractivity contribution is 0.219. The zero-order valence-electron chi connectivity index (χ0n) is 7.74. The normalized spacial score (nSPS) is 20.1. The van der Waals surface area contributed by atoms with Gasteiger partial charge in [-0.1, -0.05) is 0 Å². The Kier molecular flexibility index (Phi) is 1.84. The maximum Gasteiger partial charge on any atom is 0.136 e. The van der Waals surface area contributed by atoms with Crippen LogP contribution < -0.4 is 4.74 Å². The van der Waals surface area contributed by atoms with E-state index in [-0.39, 0.29) is 17.6 Å². The molecule has 2 rings (SSSR count). The Morgan fingerprint density at radius 2 is 2.14 bits per heavy atom. The topological polar surface area (TPSA) is 73.5 Å². The van der Waals surface area contributed by atoms with E-state index >= 15 is 0 Å². The van der Waals surface area contributed by atoms with E-state index in [1.54, 1.807) is 0 Å². The number of phenols is 2. The number of phenolic OH excluding ortho intramolecular Hbond substituents is 2. The second-order valence-electron chi connectivity index (χ2n) is 3.45. The van der Waals surface area contributed by atoms with Gasteiger partial charge in [0.25, 0.3) is 0 Å². The summed E-state index contributed by atoms with van der Waals surface area (Å²) in [5, 5.41) is 26.4. The second kappa shape index (κ2) is 2.90. The fourth-order valence-electron chi connectivity index (χ4n) is 1.63. The molecule has 0 amide bonds. The van der Waals surface area contributed by atoms with E-state index in [0.717, 1.165) is 0 Å². The zero-order valence-corrected chi connectivity index (χ0v) is 7.74. The lowest BCUT2D eigenvalue weighted by Gasteiger charge is -2.24. The van der Waals surface area contributed by atoms with Gasteiger partial charge in [0.05, 0.1) is 5.56 Å². The van der Waals surface area contributed by atoms with Crippen molar-refractivity contribution in [2.45, 2.75) is 19.4 Å². The molecule has 0 saturated carbocycles. The van der Waals surface area contributed by atoms with Crippen molar-refractivity contribution in [3.63, 3.8) is 0 Å². The first-order valence-electron chi connectivity index (χ1n) is 4.38. The van der Waals surface area contributed by atoms with Crippen LogP contribution in [0.5, 0.6) is 17.2 Å². The maximum absolute atomic E-state index is 9.51. The van der Waals surface area contributed by atoms with Gasteiger partial charge in [0.2, 0.25) is 0 Å². The molecule has 1 heterocycles. The van der Waals surface area contributed by atoms with Gasteiger partial charge in [0, 0.05) is 24.3 Å². The molecule has 1 atom stereocenters. The lowest BCUT2D eigenvalue weighted by Crippen LogP contribution is -2.23. The third kappa shape index (κ3) is 1.28. The minimum Gasteiger partial charge on any atom is -0.508 e. The highest BCUT2D eigenvalue weighted by atomic mass is 16.5. The first-order valence-corrected chi connectivity index (χ1v) is 4.38. The monoisotopic (exact) mass is 193 g/mol. The third-order valence-corrected chi connectivity index (χ3v) is 2.19. The Morgan fingerprint density at radius 1 is 1.43 bits per heavy atom. The smallest absolute Gasteiger partial charge is 0.136 e. The van der Waals surface area contributed by atoms with Gasteiger partial charge in [-0.25, -0.2) is 0 Å². The Labute approximate surface area is 81.3 Å². The van der Waals surface area contributed by atoms with Crippen LogP contribution in [-0.4, -0.2) is 22.0 Å². The van der Waals surface area contributed by atoms with Crippen molar-refractivity contribution in [2.75, 3.05) is 0 Å². The molecule has 0 fully saturated rings. The summed E-state index contributed by atoms with van der Waals surface area (Å²) >= 11 is 0. The molecule has 0 saturated heterocycles. The van der Waals surface area contributed by atoms with E-state index in [2.05, 4.69) is 0 Å². The summed E-state index contributed by atoms with van der Waals surface area (Å²) in [4.78, 5) is 0. The highest BCUT2D eigenvalue weighted by molar-refractivity contribution is 6.04. The second-order valence-corrected chi connectivity index (χ2v) is 3.45. The van der Waals surface area contributed by atoms with Crippen LogP contribution in [0.2, 0.25) is 0 Å². The zero-order chi connectivity index (χ0) is 10.3. The quantitative estimate of drug-likeness (QED) is 0.586. The van der Waals surface area contributed by atoms with Crippen molar-refractivity contribution < 1.29 is 14.9 Å². The SMILES string of the molecule is C[C@H]1CC(=N)c2c(O)cc(O)cc2O1. The maximum atomic E-state index is 9.51. The van der Waals surface area contributed by atoms with Crippen LogP contribution in [0.1, 0.15) is 18.9 Å². The van der Waals surface area contributed by atoms with Crippen molar-refractivity contribution in [1.82, 2.24) is 0 Å². The number of benzene rings is 1. The van der Waals surface area contributed by atoms with E-state index in [0.29, 0.717) is 23.4 Å². The summed E-state index contributed by atoms with van der Waals surface area (Å²) < 4.78 is 5.40. The van der Waals surface area contributed by atoms with Gasteiger partial charge >= 0.3 is 0 Å².